The maximum atomic E-state index is 10.4. The molecule has 2 aromatic carbocycles. The number of aliphatic hydroxyl groups excluding tert-OH is 1. The molecular weight excluding hydrogens is 362 g/mol. The smallest absolute Gasteiger partial charge is 0.119 e. The van der Waals surface area contributed by atoms with Gasteiger partial charge in [-0.15, -0.1) is 0 Å². The molecule has 0 aliphatic carbocycles. The number of β-amino-alcohol motifs (C(OH)–C–C–N with tert-alkyl or cyclic N) is 1. The largest absolute Gasteiger partial charge is 0.492 e. The van der Waals surface area contributed by atoms with E-state index in [4.69, 9.17) is 4.74 Å². The topological polar surface area (TPSA) is 39.2 Å². The van der Waals surface area contributed by atoms with Gasteiger partial charge in [-0.05, 0) is 35.4 Å². The van der Waals surface area contributed by atoms with Crippen LogP contribution in [0.3, 0.4) is 0 Å². The molecule has 29 heavy (non-hydrogen) atoms. The van der Waals surface area contributed by atoms with Crippen LogP contribution in [-0.4, -0.2) is 72.2 Å². The highest BCUT2D eigenvalue weighted by molar-refractivity contribution is 5.32. The molecule has 0 aromatic heterocycles. The van der Waals surface area contributed by atoms with E-state index in [-0.39, 0.29) is 0 Å². The van der Waals surface area contributed by atoms with Crippen LogP contribution in [0.4, 0.5) is 0 Å². The molecule has 1 fully saturated rings. The van der Waals surface area contributed by atoms with Crippen molar-refractivity contribution in [2.75, 3.05) is 52.4 Å². The summed E-state index contributed by atoms with van der Waals surface area (Å²) in [4.78, 5) is 7.29. The van der Waals surface area contributed by atoms with Crippen LogP contribution < -0.4 is 4.74 Å². The Kier molecular flexibility index (Phi) is 6.82. The molecule has 0 radical (unpaired) electrons. The zero-order valence-electron chi connectivity index (χ0n) is 17.5. The molecule has 2 aliphatic rings. The van der Waals surface area contributed by atoms with E-state index in [1.54, 1.807) is 0 Å². The molecular formula is C24H33N3O2. The second kappa shape index (κ2) is 9.72. The molecule has 2 aromatic rings. The second-order valence-electron chi connectivity index (χ2n) is 8.15. The Balaban J connectivity index is 1.23. The number of benzene rings is 2. The van der Waals surface area contributed by atoms with Crippen molar-refractivity contribution >= 4 is 0 Å². The monoisotopic (exact) mass is 395 g/mol. The van der Waals surface area contributed by atoms with Gasteiger partial charge in [0.25, 0.3) is 0 Å². The third-order valence-corrected chi connectivity index (χ3v) is 6.16. The average molecular weight is 396 g/mol. The van der Waals surface area contributed by atoms with E-state index < -0.39 is 6.10 Å². The van der Waals surface area contributed by atoms with Crippen LogP contribution in [0.15, 0.2) is 48.5 Å². The first-order valence-electron chi connectivity index (χ1n) is 10.9. The first-order valence-corrected chi connectivity index (χ1v) is 10.9. The fourth-order valence-corrected chi connectivity index (χ4v) is 4.34. The van der Waals surface area contributed by atoms with Gasteiger partial charge in [0, 0.05) is 52.4 Å². The number of nitrogens with zero attached hydrogens (tertiary/aromatic N) is 3. The SMILES string of the molecule is CCN1CCN(CCOc2ccc(CN3Cc4ccccc4C(O)C3)cc2)CC1. The Morgan fingerprint density at radius 1 is 0.931 bits per heavy atom. The number of hydrogen-bond donors (Lipinski definition) is 1. The maximum Gasteiger partial charge on any atom is 0.119 e. The van der Waals surface area contributed by atoms with Crippen molar-refractivity contribution in [2.24, 2.45) is 0 Å². The Morgan fingerprint density at radius 3 is 2.41 bits per heavy atom. The standard InChI is InChI=1S/C24H33N3O2/c1-2-25-11-13-26(14-12-25)15-16-29-22-9-7-20(8-10-22)17-27-18-21-5-3-4-6-23(21)24(28)19-27/h3-10,24,28H,2,11-19H2,1H3. The number of likely N-dealkylation sites (N-methyl/N-ethyl adjacent to an activating group) is 1. The van der Waals surface area contributed by atoms with Gasteiger partial charge in [0.2, 0.25) is 0 Å². The van der Waals surface area contributed by atoms with Crippen LogP contribution in [0.2, 0.25) is 0 Å². The van der Waals surface area contributed by atoms with E-state index in [0.717, 1.165) is 57.2 Å². The molecule has 0 saturated carbocycles. The number of ether oxygens (including phenoxy) is 1. The van der Waals surface area contributed by atoms with Gasteiger partial charge in [-0.25, -0.2) is 0 Å². The summed E-state index contributed by atoms with van der Waals surface area (Å²) in [6, 6.07) is 16.6. The number of piperazine rings is 1. The quantitative estimate of drug-likeness (QED) is 0.781. The minimum atomic E-state index is -0.401. The first kappa shape index (κ1) is 20.4. The van der Waals surface area contributed by atoms with Crippen LogP contribution in [0.25, 0.3) is 0 Å². The van der Waals surface area contributed by atoms with Crippen molar-refractivity contribution in [2.45, 2.75) is 26.1 Å². The molecule has 0 amide bonds. The van der Waals surface area contributed by atoms with Crippen LogP contribution in [0, 0.1) is 0 Å². The molecule has 1 atom stereocenters. The number of hydrogen-bond acceptors (Lipinski definition) is 5. The molecule has 5 heteroatoms. The summed E-state index contributed by atoms with van der Waals surface area (Å²) in [6.07, 6.45) is -0.401. The van der Waals surface area contributed by atoms with Gasteiger partial charge in [0.15, 0.2) is 0 Å². The summed E-state index contributed by atoms with van der Waals surface area (Å²) in [5.74, 6) is 0.935. The van der Waals surface area contributed by atoms with Gasteiger partial charge < -0.3 is 14.7 Å². The average Bonchev–Trinajstić information content (AvgIpc) is 2.75. The van der Waals surface area contributed by atoms with Crippen LogP contribution in [0.1, 0.15) is 29.7 Å². The Hall–Kier alpha value is -1.92. The highest BCUT2D eigenvalue weighted by atomic mass is 16.5. The molecule has 1 saturated heterocycles. The second-order valence-corrected chi connectivity index (χ2v) is 8.15. The number of rotatable bonds is 7. The van der Waals surface area contributed by atoms with Gasteiger partial charge in [-0.1, -0.05) is 43.3 Å². The van der Waals surface area contributed by atoms with Crippen molar-refractivity contribution in [3.8, 4) is 5.75 Å². The van der Waals surface area contributed by atoms with Crippen LogP contribution >= 0.6 is 0 Å². The van der Waals surface area contributed by atoms with E-state index in [1.165, 1.54) is 24.2 Å². The van der Waals surface area contributed by atoms with Crippen molar-refractivity contribution < 1.29 is 9.84 Å². The van der Waals surface area contributed by atoms with Gasteiger partial charge in [-0.3, -0.25) is 9.80 Å². The summed E-state index contributed by atoms with van der Waals surface area (Å²) in [5.41, 5.74) is 3.55. The van der Waals surface area contributed by atoms with Crippen molar-refractivity contribution in [3.63, 3.8) is 0 Å². The molecule has 1 unspecified atom stereocenters. The summed E-state index contributed by atoms with van der Waals surface area (Å²) >= 11 is 0. The molecule has 2 heterocycles. The molecule has 5 nitrogen and oxygen atoms in total. The lowest BCUT2D eigenvalue weighted by Crippen LogP contribution is -2.47. The minimum absolute atomic E-state index is 0.401. The van der Waals surface area contributed by atoms with Gasteiger partial charge in [0.1, 0.15) is 12.4 Å². The first-order chi connectivity index (χ1) is 14.2. The van der Waals surface area contributed by atoms with Crippen LogP contribution in [0.5, 0.6) is 5.75 Å². The van der Waals surface area contributed by atoms with Crippen molar-refractivity contribution in [3.05, 3.63) is 65.2 Å². The Labute approximate surface area is 174 Å². The molecule has 4 rings (SSSR count). The molecule has 2 aliphatic heterocycles. The maximum absolute atomic E-state index is 10.4. The van der Waals surface area contributed by atoms with Gasteiger partial charge in [0.05, 0.1) is 6.10 Å². The molecule has 156 valence electrons. The lowest BCUT2D eigenvalue weighted by Gasteiger charge is -2.33. The molecule has 0 spiro atoms. The van der Waals surface area contributed by atoms with Crippen LogP contribution in [-0.2, 0) is 13.1 Å². The zero-order chi connectivity index (χ0) is 20.1. The molecule has 1 N–H and O–H groups in total. The van der Waals surface area contributed by atoms with E-state index >= 15 is 0 Å². The van der Waals surface area contributed by atoms with Crippen molar-refractivity contribution in [1.82, 2.24) is 14.7 Å². The highest BCUT2D eigenvalue weighted by Gasteiger charge is 2.23. The van der Waals surface area contributed by atoms with E-state index in [1.807, 2.05) is 18.2 Å². The van der Waals surface area contributed by atoms with E-state index in [9.17, 15) is 5.11 Å². The molecule has 0 bridgehead atoms. The summed E-state index contributed by atoms with van der Waals surface area (Å²) in [5, 5.41) is 10.4. The predicted molar refractivity (Wildman–Crippen MR) is 116 cm³/mol. The van der Waals surface area contributed by atoms with E-state index in [0.29, 0.717) is 6.54 Å². The third-order valence-electron chi connectivity index (χ3n) is 6.16. The van der Waals surface area contributed by atoms with Gasteiger partial charge in [-0.2, -0.15) is 0 Å². The number of aliphatic hydroxyl groups is 1. The Bertz CT molecular complexity index is 772. The van der Waals surface area contributed by atoms with Crippen molar-refractivity contribution in [1.29, 1.82) is 0 Å². The fraction of sp³-hybridized carbons (Fsp3) is 0.500. The van der Waals surface area contributed by atoms with E-state index in [2.05, 4.69) is 52.0 Å². The third kappa shape index (κ3) is 5.37. The summed E-state index contributed by atoms with van der Waals surface area (Å²) in [6.45, 7) is 12.1. The predicted octanol–water partition coefficient (Wildman–Crippen LogP) is 2.75. The lowest BCUT2D eigenvalue weighted by molar-refractivity contribution is 0.0882. The normalized spacial score (nSPS) is 21.1. The minimum Gasteiger partial charge on any atom is -0.492 e. The van der Waals surface area contributed by atoms with Gasteiger partial charge >= 0.3 is 0 Å². The lowest BCUT2D eigenvalue weighted by atomic mass is 9.97. The summed E-state index contributed by atoms with van der Waals surface area (Å²) < 4.78 is 5.96. The Morgan fingerprint density at radius 2 is 1.66 bits per heavy atom. The zero-order valence-corrected chi connectivity index (χ0v) is 17.5. The number of fused-ring (bicyclic) bond motifs is 1. The highest BCUT2D eigenvalue weighted by Crippen LogP contribution is 2.27. The fourth-order valence-electron chi connectivity index (χ4n) is 4.34. The summed E-state index contributed by atoms with van der Waals surface area (Å²) in [7, 11) is 0.